The van der Waals surface area contributed by atoms with E-state index in [9.17, 15) is 4.79 Å². The third-order valence-electron chi connectivity index (χ3n) is 2.60. The lowest BCUT2D eigenvalue weighted by atomic mass is 10.1. The van der Waals surface area contributed by atoms with E-state index >= 15 is 0 Å². The number of ketones is 1. The van der Waals surface area contributed by atoms with Crippen molar-refractivity contribution < 1.29 is 4.79 Å². The Balaban J connectivity index is 2.06. The summed E-state index contributed by atoms with van der Waals surface area (Å²) in [5.41, 5.74) is 1.26. The lowest BCUT2D eigenvalue weighted by Crippen LogP contribution is -2.07. The van der Waals surface area contributed by atoms with Gasteiger partial charge in [0, 0.05) is 31.6 Å². The van der Waals surface area contributed by atoms with E-state index in [1.807, 2.05) is 13.1 Å². The predicted octanol–water partition coefficient (Wildman–Crippen LogP) is 2.94. The number of hydrogen-bond acceptors (Lipinski definition) is 3. The van der Waals surface area contributed by atoms with E-state index in [4.69, 9.17) is 23.2 Å². The molecule has 2 aromatic heterocycles. The maximum atomic E-state index is 12.0. The van der Waals surface area contributed by atoms with Gasteiger partial charge in [0.25, 0.3) is 0 Å². The van der Waals surface area contributed by atoms with Crippen molar-refractivity contribution in [3.8, 4) is 0 Å². The minimum atomic E-state index is -0.0992. The average molecular weight is 284 g/mol. The van der Waals surface area contributed by atoms with Gasteiger partial charge >= 0.3 is 0 Å². The maximum absolute atomic E-state index is 12.0. The van der Waals surface area contributed by atoms with Crippen LogP contribution >= 0.6 is 23.2 Å². The van der Waals surface area contributed by atoms with Crippen LogP contribution in [0.2, 0.25) is 10.0 Å². The van der Waals surface area contributed by atoms with E-state index in [0.717, 1.165) is 5.69 Å². The predicted molar refractivity (Wildman–Crippen MR) is 70.1 cm³/mol. The molecular formula is C12H11Cl2N3O. The molecule has 0 aliphatic carbocycles. The SMILES string of the molecule is Cn1nccc1CCC(=O)c1ncc(Cl)cc1Cl. The molecule has 2 rings (SSSR count). The standard InChI is InChI=1S/C12H11Cl2N3O/c1-17-9(4-5-16-17)2-3-11(18)12-10(14)6-8(13)7-15-12/h4-7H,2-3H2,1H3. The molecule has 0 N–H and O–H groups in total. The first-order chi connectivity index (χ1) is 8.58. The normalized spacial score (nSPS) is 10.6. The van der Waals surface area contributed by atoms with Crippen LogP contribution in [0.4, 0.5) is 0 Å². The molecule has 0 bridgehead atoms. The lowest BCUT2D eigenvalue weighted by Gasteiger charge is -2.03. The summed E-state index contributed by atoms with van der Waals surface area (Å²) in [6.07, 6.45) is 4.07. The van der Waals surface area contributed by atoms with Crippen molar-refractivity contribution in [2.45, 2.75) is 12.8 Å². The Kier molecular flexibility index (Phi) is 3.99. The molecule has 0 saturated carbocycles. The van der Waals surface area contributed by atoms with Gasteiger partial charge in [-0.3, -0.25) is 14.5 Å². The van der Waals surface area contributed by atoms with Crippen LogP contribution < -0.4 is 0 Å². The second-order valence-electron chi connectivity index (χ2n) is 3.85. The molecule has 0 aromatic carbocycles. The maximum Gasteiger partial charge on any atom is 0.183 e. The summed E-state index contributed by atoms with van der Waals surface area (Å²) in [6.45, 7) is 0. The Labute approximate surface area is 115 Å². The van der Waals surface area contributed by atoms with Crippen molar-refractivity contribution in [2.24, 2.45) is 7.05 Å². The number of Topliss-reactive ketones (excluding diaryl/α,β-unsaturated/α-hetero) is 1. The molecule has 0 atom stereocenters. The molecule has 4 nitrogen and oxygen atoms in total. The Morgan fingerprint density at radius 2 is 2.22 bits per heavy atom. The first-order valence-electron chi connectivity index (χ1n) is 5.39. The number of carbonyl (C=O) groups is 1. The Morgan fingerprint density at radius 3 is 2.83 bits per heavy atom. The second kappa shape index (κ2) is 5.50. The highest BCUT2D eigenvalue weighted by Crippen LogP contribution is 2.20. The van der Waals surface area contributed by atoms with Crippen LogP contribution in [0.3, 0.4) is 0 Å². The van der Waals surface area contributed by atoms with Gasteiger partial charge in [0.15, 0.2) is 5.78 Å². The molecule has 2 heterocycles. The number of aryl methyl sites for hydroxylation is 2. The summed E-state index contributed by atoms with van der Waals surface area (Å²) in [7, 11) is 1.84. The van der Waals surface area contributed by atoms with Gasteiger partial charge in [-0.15, -0.1) is 0 Å². The molecule has 2 aromatic rings. The van der Waals surface area contributed by atoms with Crippen molar-refractivity contribution in [3.05, 3.63) is 46.0 Å². The van der Waals surface area contributed by atoms with E-state index < -0.39 is 0 Å². The summed E-state index contributed by atoms with van der Waals surface area (Å²) in [6, 6.07) is 3.40. The van der Waals surface area contributed by atoms with E-state index in [2.05, 4.69) is 10.1 Å². The quantitative estimate of drug-likeness (QED) is 0.811. The van der Waals surface area contributed by atoms with Gasteiger partial charge in [-0.05, 0) is 18.6 Å². The number of nitrogens with zero attached hydrogens (tertiary/aromatic N) is 3. The molecule has 0 spiro atoms. The summed E-state index contributed by atoms with van der Waals surface area (Å²) in [5.74, 6) is -0.0992. The molecule has 18 heavy (non-hydrogen) atoms. The van der Waals surface area contributed by atoms with Crippen LogP contribution in [-0.4, -0.2) is 20.5 Å². The lowest BCUT2D eigenvalue weighted by molar-refractivity contribution is 0.0977. The Hall–Kier alpha value is -1.39. The van der Waals surface area contributed by atoms with Gasteiger partial charge in [0.05, 0.1) is 10.0 Å². The van der Waals surface area contributed by atoms with E-state index in [0.29, 0.717) is 17.9 Å². The van der Waals surface area contributed by atoms with Crippen LogP contribution in [0, 0.1) is 0 Å². The van der Waals surface area contributed by atoms with Crippen LogP contribution in [0.1, 0.15) is 22.6 Å². The number of aromatic nitrogens is 3. The third kappa shape index (κ3) is 2.89. The van der Waals surface area contributed by atoms with Crippen molar-refractivity contribution in [1.29, 1.82) is 0 Å². The summed E-state index contributed by atoms with van der Waals surface area (Å²) >= 11 is 11.7. The molecule has 0 unspecified atom stereocenters. The Bertz CT molecular complexity index is 580. The molecule has 0 saturated heterocycles. The fraction of sp³-hybridized carbons (Fsp3) is 0.250. The van der Waals surface area contributed by atoms with E-state index in [1.165, 1.54) is 12.3 Å². The molecule has 0 aliphatic rings. The number of halogens is 2. The van der Waals surface area contributed by atoms with E-state index in [-0.39, 0.29) is 16.5 Å². The Morgan fingerprint density at radius 1 is 1.44 bits per heavy atom. The fourth-order valence-corrected chi connectivity index (χ4v) is 2.11. The van der Waals surface area contributed by atoms with Gasteiger partial charge < -0.3 is 0 Å². The third-order valence-corrected chi connectivity index (χ3v) is 3.10. The molecular weight excluding hydrogens is 273 g/mol. The van der Waals surface area contributed by atoms with Crippen LogP contribution in [0.5, 0.6) is 0 Å². The van der Waals surface area contributed by atoms with Crippen molar-refractivity contribution in [1.82, 2.24) is 14.8 Å². The van der Waals surface area contributed by atoms with Gasteiger partial charge in [0.2, 0.25) is 0 Å². The molecule has 6 heteroatoms. The van der Waals surface area contributed by atoms with E-state index in [1.54, 1.807) is 10.9 Å². The number of carbonyl (C=O) groups excluding carboxylic acids is 1. The average Bonchev–Trinajstić information content (AvgIpc) is 2.72. The fourth-order valence-electron chi connectivity index (χ4n) is 1.63. The number of pyridine rings is 1. The summed E-state index contributed by atoms with van der Waals surface area (Å²) in [4.78, 5) is 15.9. The highest BCUT2D eigenvalue weighted by atomic mass is 35.5. The minimum Gasteiger partial charge on any atom is -0.292 e. The molecule has 0 radical (unpaired) electrons. The largest absolute Gasteiger partial charge is 0.292 e. The zero-order valence-electron chi connectivity index (χ0n) is 9.73. The first kappa shape index (κ1) is 13.1. The number of hydrogen-bond donors (Lipinski definition) is 0. The number of rotatable bonds is 4. The summed E-state index contributed by atoms with van der Waals surface area (Å²) < 4.78 is 1.74. The van der Waals surface area contributed by atoms with Gasteiger partial charge in [-0.2, -0.15) is 5.10 Å². The van der Waals surface area contributed by atoms with Crippen LogP contribution in [0.15, 0.2) is 24.5 Å². The smallest absolute Gasteiger partial charge is 0.183 e. The molecule has 0 amide bonds. The topological polar surface area (TPSA) is 47.8 Å². The second-order valence-corrected chi connectivity index (χ2v) is 4.70. The highest BCUT2D eigenvalue weighted by molar-refractivity contribution is 6.36. The van der Waals surface area contributed by atoms with Crippen LogP contribution in [0.25, 0.3) is 0 Å². The van der Waals surface area contributed by atoms with Crippen molar-refractivity contribution in [3.63, 3.8) is 0 Å². The van der Waals surface area contributed by atoms with Crippen molar-refractivity contribution in [2.75, 3.05) is 0 Å². The minimum absolute atomic E-state index is 0.0992. The molecule has 0 aliphatic heterocycles. The zero-order chi connectivity index (χ0) is 13.1. The first-order valence-corrected chi connectivity index (χ1v) is 6.14. The molecule has 0 fully saturated rings. The van der Waals surface area contributed by atoms with Gasteiger partial charge in [-0.25, -0.2) is 0 Å². The summed E-state index contributed by atoms with van der Waals surface area (Å²) in [5, 5.41) is 4.75. The monoisotopic (exact) mass is 283 g/mol. The van der Waals surface area contributed by atoms with Crippen LogP contribution in [-0.2, 0) is 13.5 Å². The van der Waals surface area contributed by atoms with Crippen molar-refractivity contribution >= 4 is 29.0 Å². The van der Waals surface area contributed by atoms with Gasteiger partial charge in [-0.1, -0.05) is 23.2 Å². The molecule has 94 valence electrons. The highest BCUT2D eigenvalue weighted by Gasteiger charge is 2.13. The van der Waals surface area contributed by atoms with Gasteiger partial charge in [0.1, 0.15) is 5.69 Å². The zero-order valence-corrected chi connectivity index (χ0v) is 11.2.